The van der Waals surface area contributed by atoms with E-state index >= 15 is 0 Å². The Kier molecular flexibility index (Phi) is 5.54. The fourth-order valence-corrected chi connectivity index (χ4v) is 3.58. The van der Waals surface area contributed by atoms with E-state index in [4.69, 9.17) is 16.3 Å². The molecule has 0 aromatic heterocycles. The van der Waals surface area contributed by atoms with Crippen LogP contribution in [0.3, 0.4) is 0 Å². The number of hydrogen-bond donors (Lipinski definition) is 0. The van der Waals surface area contributed by atoms with Gasteiger partial charge in [-0.25, -0.2) is 4.79 Å². The zero-order valence-corrected chi connectivity index (χ0v) is 14.2. The Bertz CT molecular complexity index is 544. The molecule has 2 saturated heterocycles. The molecule has 0 amide bonds. The van der Waals surface area contributed by atoms with Crippen molar-refractivity contribution in [1.29, 1.82) is 0 Å². The largest absolute Gasteiger partial charge is 0.459 e. The van der Waals surface area contributed by atoms with E-state index < -0.39 is 0 Å². The first-order chi connectivity index (χ1) is 10.0. The number of ether oxygens (including phenoxy) is 1. The third kappa shape index (κ3) is 3.48. The van der Waals surface area contributed by atoms with E-state index in [1.807, 2.05) is 0 Å². The Labute approximate surface area is 142 Å². The number of halogens is 2. The van der Waals surface area contributed by atoms with E-state index in [1.54, 1.807) is 24.3 Å². The van der Waals surface area contributed by atoms with E-state index in [2.05, 4.69) is 18.5 Å². The van der Waals surface area contributed by atoms with Crippen molar-refractivity contribution in [2.24, 2.45) is 0 Å². The van der Waals surface area contributed by atoms with Gasteiger partial charge in [0.2, 0.25) is 0 Å². The minimum atomic E-state index is -0.314. The first-order valence-electron chi connectivity index (χ1n) is 7.42. The number of nitrogens with zero attached hydrogens (tertiary/aromatic N) is 1. The summed E-state index contributed by atoms with van der Waals surface area (Å²) in [5, 5.41) is 0.645. The Balaban J connectivity index is 0.00000176. The molecule has 5 heteroatoms. The van der Waals surface area contributed by atoms with Crippen LogP contribution in [0.1, 0.15) is 31.2 Å². The second-order valence-corrected chi connectivity index (χ2v) is 6.47. The molecule has 2 heterocycles. The molecule has 120 valence electrons. The topological polar surface area (TPSA) is 29.5 Å². The molecule has 22 heavy (non-hydrogen) atoms. The lowest BCUT2D eigenvalue weighted by atomic mass is 10.0. The molecule has 0 spiro atoms. The number of carbonyl (C=O) groups is 1. The number of benzene rings is 1. The molecule has 1 aromatic rings. The van der Waals surface area contributed by atoms with Crippen LogP contribution in [0, 0.1) is 0 Å². The molecule has 2 aliphatic rings. The lowest BCUT2D eigenvalue weighted by molar-refractivity contribution is -0.145. The molecule has 2 bridgehead atoms. The van der Waals surface area contributed by atoms with Crippen LogP contribution in [0.5, 0.6) is 0 Å². The van der Waals surface area contributed by atoms with Crippen LogP contribution >= 0.6 is 24.0 Å². The van der Waals surface area contributed by atoms with Crippen LogP contribution in [0.25, 0.3) is 5.57 Å². The normalized spacial score (nSPS) is 27.1. The number of carbonyl (C=O) groups excluding carboxylic acids is 1. The summed E-state index contributed by atoms with van der Waals surface area (Å²) in [5.41, 5.74) is 1.17. The Morgan fingerprint density at radius 2 is 1.77 bits per heavy atom. The van der Waals surface area contributed by atoms with E-state index in [-0.39, 0.29) is 24.5 Å². The van der Waals surface area contributed by atoms with Crippen LogP contribution < -0.4 is 0 Å². The Hall–Kier alpha value is -1.03. The van der Waals surface area contributed by atoms with Gasteiger partial charge in [-0.3, -0.25) is 0 Å². The quantitative estimate of drug-likeness (QED) is 0.615. The molecular weight excluding hydrogens is 321 g/mol. The molecule has 0 aliphatic carbocycles. The van der Waals surface area contributed by atoms with Gasteiger partial charge in [0.15, 0.2) is 0 Å². The summed E-state index contributed by atoms with van der Waals surface area (Å²) in [6, 6.07) is 8.22. The van der Waals surface area contributed by atoms with Gasteiger partial charge in [-0.05, 0) is 37.6 Å². The highest BCUT2D eigenvalue weighted by Crippen LogP contribution is 2.35. The maximum Gasteiger partial charge on any atom is 0.338 e. The molecule has 0 radical (unpaired) electrons. The Morgan fingerprint density at radius 3 is 2.32 bits per heavy atom. The van der Waals surface area contributed by atoms with Crippen molar-refractivity contribution in [2.45, 2.75) is 43.9 Å². The summed E-state index contributed by atoms with van der Waals surface area (Å²) in [4.78, 5) is 14.7. The number of hydrogen-bond acceptors (Lipinski definition) is 3. The highest BCUT2D eigenvalue weighted by molar-refractivity contribution is 6.30. The minimum Gasteiger partial charge on any atom is -0.459 e. The molecule has 0 N–H and O–H groups in total. The number of fused-ring (bicyclic) bond motifs is 2. The maximum atomic E-state index is 12.2. The molecule has 2 atom stereocenters. The van der Waals surface area contributed by atoms with E-state index in [0.29, 0.717) is 22.7 Å². The van der Waals surface area contributed by atoms with Gasteiger partial charge in [0.1, 0.15) is 6.10 Å². The molecule has 1 aromatic carbocycles. The van der Waals surface area contributed by atoms with Crippen molar-refractivity contribution in [3.8, 4) is 0 Å². The van der Waals surface area contributed by atoms with Crippen molar-refractivity contribution < 1.29 is 9.53 Å². The van der Waals surface area contributed by atoms with Gasteiger partial charge < -0.3 is 9.64 Å². The number of esters is 1. The predicted octanol–water partition coefficient (Wildman–Crippen LogP) is 3.94. The van der Waals surface area contributed by atoms with E-state index in [9.17, 15) is 4.79 Å². The lowest BCUT2D eigenvalue weighted by Crippen LogP contribution is -2.43. The van der Waals surface area contributed by atoms with Crippen LogP contribution in [0.4, 0.5) is 0 Å². The molecule has 2 fully saturated rings. The van der Waals surface area contributed by atoms with Crippen molar-refractivity contribution in [1.82, 2.24) is 4.90 Å². The highest BCUT2D eigenvalue weighted by atomic mass is 35.5. The van der Waals surface area contributed by atoms with Gasteiger partial charge in [0.25, 0.3) is 0 Å². The van der Waals surface area contributed by atoms with Gasteiger partial charge in [-0.1, -0.05) is 30.3 Å². The average molecular weight is 342 g/mol. The monoisotopic (exact) mass is 341 g/mol. The molecule has 2 unspecified atom stereocenters. The van der Waals surface area contributed by atoms with Crippen molar-refractivity contribution in [2.75, 3.05) is 7.05 Å². The van der Waals surface area contributed by atoms with Crippen molar-refractivity contribution in [3.05, 3.63) is 41.4 Å². The lowest BCUT2D eigenvalue weighted by Gasteiger charge is -2.35. The number of rotatable bonds is 3. The maximum absolute atomic E-state index is 12.2. The number of piperidine rings is 1. The second-order valence-electron chi connectivity index (χ2n) is 6.03. The Morgan fingerprint density at radius 1 is 1.23 bits per heavy atom. The standard InChI is InChI=1S/C17H20ClNO2.ClH/c1-11(12-3-5-13(18)6-4-12)17(20)21-16-9-14-7-8-15(10-16)19(14)2;/h3-6,14-16H,1,7-10H2,2H3;1H. The van der Waals surface area contributed by atoms with Crippen LogP contribution in [0.2, 0.25) is 5.02 Å². The smallest absolute Gasteiger partial charge is 0.338 e. The van der Waals surface area contributed by atoms with Crippen LogP contribution in [-0.4, -0.2) is 36.1 Å². The van der Waals surface area contributed by atoms with Crippen molar-refractivity contribution >= 4 is 35.6 Å². The first kappa shape index (κ1) is 17.3. The first-order valence-corrected chi connectivity index (χ1v) is 7.80. The average Bonchev–Trinajstić information content (AvgIpc) is 2.69. The zero-order chi connectivity index (χ0) is 15.0. The summed E-state index contributed by atoms with van der Waals surface area (Å²) in [7, 11) is 2.17. The minimum absolute atomic E-state index is 0. The summed E-state index contributed by atoms with van der Waals surface area (Å²) in [6.07, 6.45) is 4.33. The zero-order valence-electron chi connectivity index (χ0n) is 12.6. The molecule has 2 aliphatic heterocycles. The summed E-state index contributed by atoms with van der Waals surface area (Å²) < 4.78 is 5.67. The third-order valence-corrected chi connectivity index (χ3v) is 5.02. The SMILES string of the molecule is C=C(C(=O)OC1CC2CCC(C1)N2C)c1ccc(Cl)cc1.Cl. The van der Waals surface area contributed by atoms with Gasteiger partial charge in [-0.15, -0.1) is 12.4 Å². The van der Waals surface area contributed by atoms with E-state index in [0.717, 1.165) is 18.4 Å². The summed E-state index contributed by atoms with van der Waals surface area (Å²) in [5.74, 6) is -0.314. The fourth-order valence-electron chi connectivity index (χ4n) is 3.45. The van der Waals surface area contributed by atoms with Gasteiger partial charge >= 0.3 is 5.97 Å². The molecule has 3 rings (SSSR count). The molecule has 0 saturated carbocycles. The molecular formula is C17H21Cl2NO2. The molecule has 3 nitrogen and oxygen atoms in total. The second kappa shape index (κ2) is 7.03. The van der Waals surface area contributed by atoms with Crippen LogP contribution in [0.15, 0.2) is 30.8 Å². The summed E-state index contributed by atoms with van der Waals surface area (Å²) in [6.45, 7) is 3.86. The van der Waals surface area contributed by atoms with E-state index in [1.165, 1.54) is 12.8 Å². The van der Waals surface area contributed by atoms with Crippen molar-refractivity contribution in [3.63, 3.8) is 0 Å². The predicted molar refractivity (Wildman–Crippen MR) is 91.4 cm³/mol. The summed E-state index contributed by atoms with van der Waals surface area (Å²) >= 11 is 5.85. The van der Waals surface area contributed by atoms with Crippen LogP contribution in [-0.2, 0) is 9.53 Å². The van der Waals surface area contributed by atoms with Gasteiger partial charge in [0.05, 0.1) is 5.57 Å². The van der Waals surface area contributed by atoms with Gasteiger partial charge in [-0.2, -0.15) is 0 Å². The highest BCUT2D eigenvalue weighted by Gasteiger charge is 2.40. The third-order valence-electron chi connectivity index (χ3n) is 4.77. The fraction of sp³-hybridized carbons (Fsp3) is 0.471. The van der Waals surface area contributed by atoms with Gasteiger partial charge in [0, 0.05) is 29.9 Å².